The predicted octanol–water partition coefficient (Wildman–Crippen LogP) is 3.49. The van der Waals surface area contributed by atoms with Gasteiger partial charge in [0.1, 0.15) is 5.75 Å². The number of hydrogen-bond acceptors (Lipinski definition) is 2. The maximum absolute atomic E-state index is 12.1. The number of carbonyl (C=O) groups is 1. The summed E-state index contributed by atoms with van der Waals surface area (Å²) in [6, 6.07) is 4.90. The third-order valence-electron chi connectivity index (χ3n) is 2.34. The summed E-state index contributed by atoms with van der Waals surface area (Å²) in [5.74, 6) is -0.842. The number of ether oxygens (including phenoxy) is 1. The van der Waals surface area contributed by atoms with Gasteiger partial charge in [-0.15, -0.1) is 13.2 Å². The number of rotatable bonds is 5. The number of alkyl halides is 4. The molecule has 1 aromatic carbocycles. The molecule has 1 amide bonds. The summed E-state index contributed by atoms with van der Waals surface area (Å²) < 4.78 is 40.0. The standard InChI is InChI=1S/C12H13BrF3NO2/c1-2-9(7-13)17-11(18)8-4-3-5-10(6-8)19-12(14,15)16/h3-6,9H,2,7H2,1H3,(H,17,18). The second-order valence-electron chi connectivity index (χ2n) is 3.81. The largest absolute Gasteiger partial charge is 0.573 e. The van der Waals surface area contributed by atoms with Gasteiger partial charge in [0.25, 0.3) is 5.91 Å². The van der Waals surface area contributed by atoms with Crippen LogP contribution in [0.5, 0.6) is 5.75 Å². The van der Waals surface area contributed by atoms with Gasteiger partial charge in [-0.25, -0.2) is 0 Å². The number of benzene rings is 1. The molecule has 1 atom stereocenters. The van der Waals surface area contributed by atoms with Gasteiger partial charge in [-0.05, 0) is 24.6 Å². The lowest BCUT2D eigenvalue weighted by Crippen LogP contribution is -2.35. The topological polar surface area (TPSA) is 38.3 Å². The van der Waals surface area contributed by atoms with Gasteiger partial charge in [-0.1, -0.05) is 28.9 Å². The molecule has 1 aromatic rings. The first-order valence-electron chi connectivity index (χ1n) is 5.58. The van der Waals surface area contributed by atoms with E-state index in [2.05, 4.69) is 26.0 Å². The van der Waals surface area contributed by atoms with Crippen molar-refractivity contribution in [3.63, 3.8) is 0 Å². The number of nitrogens with one attached hydrogen (secondary N) is 1. The predicted molar refractivity (Wildman–Crippen MR) is 68.5 cm³/mol. The van der Waals surface area contributed by atoms with Crippen molar-refractivity contribution in [1.29, 1.82) is 0 Å². The molecule has 3 nitrogen and oxygen atoms in total. The highest BCUT2D eigenvalue weighted by Gasteiger charge is 2.31. The zero-order chi connectivity index (χ0) is 14.5. The van der Waals surface area contributed by atoms with Crippen LogP contribution in [0.4, 0.5) is 13.2 Å². The monoisotopic (exact) mass is 339 g/mol. The zero-order valence-corrected chi connectivity index (χ0v) is 11.7. The molecule has 1 rings (SSSR count). The van der Waals surface area contributed by atoms with Crippen molar-refractivity contribution in [2.45, 2.75) is 25.7 Å². The molecule has 0 spiro atoms. The van der Waals surface area contributed by atoms with Crippen LogP contribution in [-0.2, 0) is 0 Å². The van der Waals surface area contributed by atoms with Crippen molar-refractivity contribution in [2.75, 3.05) is 5.33 Å². The molecule has 0 saturated heterocycles. The lowest BCUT2D eigenvalue weighted by Gasteiger charge is -2.14. The van der Waals surface area contributed by atoms with Gasteiger partial charge in [0.05, 0.1) is 0 Å². The van der Waals surface area contributed by atoms with Gasteiger partial charge in [-0.2, -0.15) is 0 Å². The van der Waals surface area contributed by atoms with E-state index in [1.165, 1.54) is 12.1 Å². The smallest absolute Gasteiger partial charge is 0.406 e. The summed E-state index contributed by atoms with van der Waals surface area (Å²) in [7, 11) is 0. The summed E-state index contributed by atoms with van der Waals surface area (Å²) >= 11 is 3.24. The first-order valence-corrected chi connectivity index (χ1v) is 6.70. The van der Waals surface area contributed by atoms with Crippen LogP contribution in [0.25, 0.3) is 0 Å². The van der Waals surface area contributed by atoms with E-state index in [0.717, 1.165) is 18.6 Å². The molecule has 7 heteroatoms. The lowest BCUT2D eigenvalue weighted by molar-refractivity contribution is -0.274. The Hall–Kier alpha value is -1.24. The van der Waals surface area contributed by atoms with Crippen molar-refractivity contribution in [3.8, 4) is 5.75 Å². The van der Waals surface area contributed by atoms with Crippen LogP contribution >= 0.6 is 15.9 Å². The first kappa shape index (κ1) is 15.8. The SMILES string of the molecule is CCC(CBr)NC(=O)c1cccc(OC(F)(F)F)c1. The van der Waals surface area contributed by atoms with Crippen molar-refractivity contribution >= 4 is 21.8 Å². The highest BCUT2D eigenvalue weighted by atomic mass is 79.9. The fraction of sp³-hybridized carbons (Fsp3) is 0.417. The highest BCUT2D eigenvalue weighted by Crippen LogP contribution is 2.23. The van der Waals surface area contributed by atoms with E-state index in [1.807, 2.05) is 6.92 Å². The Morgan fingerprint density at radius 1 is 1.47 bits per heavy atom. The van der Waals surface area contributed by atoms with Crippen LogP contribution in [0.15, 0.2) is 24.3 Å². The normalized spacial score (nSPS) is 12.9. The van der Waals surface area contributed by atoms with E-state index in [1.54, 1.807) is 0 Å². The second kappa shape index (κ2) is 6.79. The Labute approximate surface area is 117 Å². The third-order valence-corrected chi connectivity index (χ3v) is 3.13. The van der Waals surface area contributed by atoms with E-state index in [4.69, 9.17) is 0 Å². The van der Waals surface area contributed by atoms with Crippen LogP contribution in [0.3, 0.4) is 0 Å². The molecule has 0 fully saturated rings. The highest BCUT2D eigenvalue weighted by molar-refractivity contribution is 9.09. The summed E-state index contributed by atoms with van der Waals surface area (Å²) in [6.07, 6.45) is -4.05. The average molecular weight is 340 g/mol. The second-order valence-corrected chi connectivity index (χ2v) is 4.46. The molecule has 0 aliphatic rings. The van der Waals surface area contributed by atoms with E-state index < -0.39 is 18.0 Å². The molecule has 0 aliphatic heterocycles. The molecule has 1 N–H and O–H groups in total. The molecular weight excluding hydrogens is 327 g/mol. The van der Waals surface area contributed by atoms with Crippen LogP contribution in [0.1, 0.15) is 23.7 Å². The minimum absolute atomic E-state index is 0.0697. The summed E-state index contributed by atoms with van der Waals surface area (Å²) in [5.41, 5.74) is 0.126. The van der Waals surface area contributed by atoms with E-state index in [-0.39, 0.29) is 11.6 Å². The van der Waals surface area contributed by atoms with Crippen molar-refractivity contribution in [2.24, 2.45) is 0 Å². The Morgan fingerprint density at radius 3 is 2.68 bits per heavy atom. The van der Waals surface area contributed by atoms with Gasteiger partial charge in [-0.3, -0.25) is 4.79 Å². The number of amides is 1. The molecule has 0 aromatic heterocycles. The first-order chi connectivity index (χ1) is 8.85. The molecule has 19 heavy (non-hydrogen) atoms. The fourth-order valence-electron chi connectivity index (χ4n) is 1.35. The van der Waals surface area contributed by atoms with Crippen LogP contribution < -0.4 is 10.1 Å². The number of hydrogen-bond donors (Lipinski definition) is 1. The van der Waals surface area contributed by atoms with Gasteiger partial charge in [0.15, 0.2) is 0 Å². The molecule has 0 aliphatic carbocycles. The minimum atomic E-state index is -4.77. The van der Waals surface area contributed by atoms with Crippen LogP contribution in [-0.4, -0.2) is 23.6 Å². The summed E-state index contributed by atoms with van der Waals surface area (Å²) in [5, 5.41) is 3.28. The summed E-state index contributed by atoms with van der Waals surface area (Å²) in [6.45, 7) is 1.90. The van der Waals surface area contributed by atoms with Gasteiger partial charge < -0.3 is 10.1 Å². The quantitative estimate of drug-likeness (QED) is 0.834. The molecule has 0 saturated carbocycles. The van der Waals surface area contributed by atoms with Gasteiger partial charge >= 0.3 is 6.36 Å². The minimum Gasteiger partial charge on any atom is -0.406 e. The van der Waals surface area contributed by atoms with Crippen LogP contribution in [0.2, 0.25) is 0 Å². The van der Waals surface area contributed by atoms with Crippen molar-refractivity contribution in [3.05, 3.63) is 29.8 Å². The Bertz CT molecular complexity index is 433. The molecule has 0 bridgehead atoms. The maximum atomic E-state index is 12.1. The van der Waals surface area contributed by atoms with Crippen molar-refractivity contribution < 1.29 is 22.7 Å². The Morgan fingerprint density at radius 2 is 2.16 bits per heavy atom. The molecule has 106 valence electrons. The van der Waals surface area contributed by atoms with Crippen molar-refractivity contribution in [1.82, 2.24) is 5.32 Å². The van der Waals surface area contributed by atoms with Gasteiger partial charge in [0.2, 0.25) is 0 Å². The zero-order valence-electron chi connectivity index (χ0n) is 10.1. The molecule has 1 unspecified atom stereocenters. The van der Waals surface area contributed by atoms with Gasteiger partial charge in [0, 0.05) is 16.9 Å². The third kappa shape index (κ3) is 5.50. The average Bonchev–Trinajstić information content (AvgIpc) is 2.34. The van der Waals surface area contributed by atoms with E-state index >= 15 is 0 Å². The molecule has 0 radical (unpaired) electrons. The lowest BCUT2D eigenvalue weighted by atomic mass is 10.2. The van der Waals surface area contributed by atoms with Crippen LogP contribution in [0, 0.1) is 0 Å². The summed E-state index contributed by atoms with van der Waals surface area (Å²) in [4.78, 5) is 11.8. The molecular formula is C12H13BrF3NO2. The van der Waals surface area contributed by atoms with E-state index in [0.29, 0.717) is 5.33 Å². The maximum Gasteiger partial charge on any atom is 0.573 e. The van der Waals surface area contributed by atoms with E-state index in [9.17, 15) is 18.0 Å². The molecule has 0 heterocycles. The number of halogens is 4. The fourth-order valence-corrected chi connectivity index (χ4v) is 1.97. The number of carbonyl (C=O) groups excluding carboxylic acids is 1. The Kier molecular flexibility index (Phi) is 5.65. The Balaban J connectivity index is 2.78.